The lowest BCUT2D eigenvalue weighted by molar-refractivity contribution is 0.254. The van der Waals surface area contributed by atoms with Crippen LogP contribution in [0.2, 0.25) is 5.02 Å². The summed E-state index contributed by atoms with van der Waals surface area (Å²) in [5.74, 6) is 1.00. The molecular formula is C16H16ClNO. The first kappa shape index (κ1) is 12.5. The molecule has 1 aliphatic heterocycles. The molecule has 0 saturated carbocycles. The fraction of sp³-hybridized carbons (Fsp3) is 0.250. The molecule has 1 heterocycles. The number of halogens is 1. The van der Waals surface area contributed by atoms with Crippen LogP contribution in [0.4, 0.5) is 0 Å². The van der Waals surface area contributed by atoms with Crippen molar-refractivity contribution in [1.82, 2.24) is 0 Å². The lowest BCUT2D eigenvalue weighted by Gasteiger charge is -2.07. The SMILES string of the molecule is CC1Cc2cc(-c3ccc(CN)c(Cl)c3)ccc2O1. The summed E-state index contributed by atoms with van der Waals surface area (Å²) in [6, 6.07) is 12.3. The van der Waals surface area contributed by atoms with E-state index in [1.807, 2.05) is 18.2 Å². The monoisotopic (exact) mass is 273 g/mol. The summed E-state index contributed by atoms with van der Waals surface area (Å²) < 4.78 is 5.72. The molecule has 3 rings (SSSR count). The lowest BCUT2D eigenvalue weighted by Crippen LogP contribution is -2.05. The summed E-state index contributed by atoms with van der Waals surface area (Å²) in [4.78, 5) is 0. The molecule has 2 nitrogen and oxygen atoms in total. The molecule has 0 saturated heterocycles. The minimum Gasteiger partial charge on any atom is -0.490 e. The van der Waals surface area contributed by atoms with Gasteiger partial charge in [-0.1, -0.05) is 29.8 Å². The largest absolute Gasteiger partial charge is 0.490 e. The molecule has 0 aromatic heterocycles. The van der Waals surface area contributed by atoms with Gasteiger partial charge in [0.1, 0.15) is 11.9 Å². The Labute approximate surface area is 118 Å². The second-order valence-electron chi connectivity index (χ2n) is 4.97. The van der Waals surface area contributed by atoms with Crippen molar-refractivity contribution < 1.29 is 4.74 Å². The maximum atomic E-state index is 6.22. The number of fused-ring (bicyclic) bond motifs is 1. The van der Waals surface area contributed by atoms with Crippen LogP contribution in [0, 0.1) is 0 Å². The van der Waals surface area contributed by atoms with Gasteiger partial charge in [-0.3, -0.25) is 0 Å². The maximum absolute atomic E-state index is 6.22. The van der Waals surface area contributed by atoms with Crippen LogP contribution in [0.3, 0.4) is 0 Å². The highest BCUT2D eigenvalue weighted by Crippen LogP contribution is 2.33. The minimum atomic E-state index is 0.272. The molecule has 1 atom stereocenters. The Bertz CT molecular complexity index is 624. The molecule has 1 aliphatic rings. The Morgan fingerprint density at radius 3 is 2.68 bits per heavy atom. The molecule has 0 spiro atoms. The average Bonchev–Trinajstić information content (AvgIpc) is 2.77. The van der Waals surface area contributed by atoms with Gasteiger partial charge >= 0.3 is 0 Å². The molecule has 19 heavy (non-hydrogen) atoms. The Morgan fingerprint density at radius 2 is 1.95 bits per heavy atom. The normalized spacial score (nSPS) is 17.1. The van der Waals surface area contributed by atoms with E-state index in [0.29, 0.717) is 6.54 Å². The predicted molar refractivity (Wildman–Crippen MR) is 78.6 cm³/mol. The second-order valence-corrected chi connectivity index (χ2v) is 5.37. The minimum absolute atomic E-state index is 0.272. The van der Waals surface area contributed by atoms with Gasteiger partial charge in [0.25, 0.3) is 0 Å². The van der Waals surface area contributed by atoms with Crippen molar-refractivity contribution in [3.8, 4) is 16.9 Å². The Hall–Kier alpha value is -1.51. The summed E-state index contributed by atoms with van der Waals surface area (Å²) in [6.07, 6.45) is 1.24. The fourth-order valence-electron chi connectivity index (χ4n) is 2.49. The number of benzene rings is 2. The van der Waals surface area contributed by atoms with Gasteiger partial charge in [0.05, 0.1) is 0 Å². The first-order chi connectivity index (χ1) is 9.17. The van der Waals surface area contributed by atoms with E-state index in [1.54, 1.807) is 0 Å². The summed E-state index contributed by atoms with van der Waals surface area (Å²) >= 11 is 6.22. The van der Waals surface area contributed by atoms with E-state index in [2.05, 4.69) is 25.1 Å². The predicted octanol–water partition coefficient (Wildman–Crippen LogP) is 3.79. The van der Waals surface area contributed by atoms with Crippen molar-refractivity contribution in [2.75, 3.05) is 0 Å². The highest BCUT2D eigenvalue weighted by atomic mass is 35.5. The van der Waals surface area contributed by atoms with E-state index in [4.69, 9.17) is 22.1 Å². The summed E-state index contributed by atoms with van der Waals surface area (Å²) in [7, 11) is 0. The van der Waals surface area contributed by atoms with Crippen molar-refractivity contribution in [2.24, 2.45) is 5.73 Å². The summed E-state index contributed by atoms with van der Waals surface area (Å²) in [5.41, 5.74) is 10.2. The topological polar surface area (TPSA) is 35.2 Å². The van der Waals surface area contributed by atoms with Crippen LogP contribution >= 0.6 is 11.6 Å². The Kier molecular flexibility index (Phi) is 3.21. The van der Waals surface area contributed by atoms with Crippen LogP contribution in [-0.4, -0.2) is 6.10 Å². The van der Waals surface area contributed by atoms with Crippen molar-refractivity contribution in [1.29, 1.82) is 0 Å². The third-order valence-electron chi connectivity index (χ3n) is 3.50. The van der Waals surface area contributed by atoms with E-state index in [9.17, 15) is 0 Å². The molecule has 0 bridgehead atoms. The Morgan fingerprint density at radius 1 is 1.21 bits per heavy atom. The van der Waals surface area contributed by atoms with Crippen LogP contribution < -0.4 is 10.5 Å². The molecule has 1 unspecified atom stereocenters. The van der Waals surface area contributed by atoms with E-state index in [-0.39, 0.29) is 6.10 Å². The van der Waals surface area contributed by atoms with Crippen LogP contribution in [0.15, 0.2) is 36.4 Å². The van der Waals surface area contributed by atoms with Gasteiger partial charge in [-0.25, -0.2) is 0 Å². The van der Waals surface area contributed by atoms with Crippen molar-refractivity contribution in [3.05, 3.63) is 52.5 Å². The Balaban J connectivity index is 1.99. The highest BCUT2D eigenvalue weighted by Gasteiger charge is 2.19. The zero-order valence-corrected chi connectivity index (χ0v) is 11.6. The molecule has 2 aromatic carbocycles. The van der Waals surface area contributed by atoms with E-state index >= 15 is 0 Å². The van der Waals surface area contributed by atoms with Crippen LogP contribution in [0.5, 0.6) is 5.75 Å². The number of nitrogens with two attached hydrogens (primary N) is 1. The average molecular weight is 274 g/mol. The van der Waals surface area contributed by atoms with Gasteiger partial charge in [-0.2, -0.15) is 0 Å². The molecule has 0 amide bonds. The second kappa shape index (κ2) is 4.87. The van der Waals surface area contributed by atoms with E-state index in [1.165, 1.54) is 11.1 Å². The zero-order valence-electron chi connectivity index (χ0n) is 10.8. The molecule has 2 aromatic rings. The molecule has 2 N–H and O–H groups in total. The molecule has 3 heteroatoms. The highest BCUT2D eigenvalue weighted by molar-refractivity contribution is 6.31. The van der Waals surface area contributed by atoms with Crippen molar-refractivity contribution >= 4 is 11.6 Å². The quantitative estimate of drug-likeness (QED) is 0.904. The third-order valence-corrected chi connectivity index (χ3v) is 3.85. The first-order valence-corrected chi connectivity index (χ1v) is 6.83. The number of ether oxygens (including phenoxy) is 1. The maximum Gasteiger partial charge on any atom is 0.123 e. The van der Waals surface area contributed by atoms with Gasteiger partial charge in [0.2, 0.25) is 0 Å². The molecule has 0 radical (unpaired) electrons. The smallest absolute Gasteiger partial charge is 0.123 e. The molecule has 0 aliphatic carbocycles. The van der Waals surface area contributed by atoms with Crippen LogP contribution in [0.25, 0.3) is 11.1 Å². The van der Waals surface area contributed by atoms with Gasteiger partial charge < -0.3 is 10.5 Å². The standard InChI is InChI=1S/C16H16ClNO/c1-10-6-14-7-11(4-5-16(14)19-10)12-2-3-13(9-18)15(17)8-12/h2-5,7-8,10H,6,9,18H2,1H3. The van der Waals surface area contributed by atoms with E-state index in [0.717, 1.165) is 28.3 Å². The van der Waals surface area contributed by atoms with E-state index < -0.39 is 0 Å². The number of hydrogen-bond donors (Lipinski definition) is 1. The van der Waals surface area contributed by atoms with Gasteiger partial charge in [0, 0.05) is 18.0 Å². The number of rotatable bonds is 2. The third kappa shape index (κ3) is 2.34. The lowest BCUT2D eigenvalue weighted by atomic mass is 10.00. The summed E-state index contributed by atoms with van der Waals surface area (Å²) in [5, 5.41) is 0.727. The first-order valence-electron chi connectivity index (χ1n) is 6.46. The van der Waals surface area contributed by atoms with Crippen LogP contribution in [0.1, 0.15) is 18.1 Å². The number of hydrogen-bond acceptors (Lipinski definition) is 2. The molecular weight excluding hydrogens is 258 g/mol. The van der Waals surface area contributed by atoms with Gasteiger partial charge in [-0.05, 0) is 47.4 Å². The van der Waals surface area contributed by atoms with Crippen molar-refractivity contribution in [3.63, 3.8) is 0 Å². The summed E-state index contributed by atoms with van der Waals surface area (Å²) in [6.45, 7) is 2.56. The van der Waals surface area contributed by atoms with Crippen LogP contribution in [-0.2, 0) is 13.0 Å². The fourth-order valence-corrected chi connectivity index (χ4v) is 2.75. The molecule has 0 fully saturated rings. The molecule has 98 valence electrons. The zero-order chi connectivity index (χ0) is 13.4. The van der Waals surface area contributed by atoms with Crippen molar-refractivity contribution in [2.45, 2.75) is 26.0 Å². The van der Waals surface area contributed by atoms with Gasteiger partial charge in [-0.15, -0.1) is 0 Å². The van der Waals surface area contributed by atoms with Gasteiger partial charge in [0.15, 0.2) is 0 Å².